The molecular formula is C17H23N3O. The molecule has 112 valence electrons. The summed E-state index contributed by atoms with van der Waals surface area (Å²) >= 11 is 0. The van der Waals surface area contributed by atoms with Crippen molar-refractivity contribution in [3.8, 4) is 5.75 Å². The molecule has 2 rings (SSSR count). The Morgan fingerprint density at radius 3 is 2.57 bits per heavy atom. The molecule has 21 heavy (non-hydrogen) atoms. The second-order valence-electron chi connectivity index (χ2n) is 5.39. The van der Waals surface area contributed by atoms with Crippen LogP contribution < -0.4 is 10.1 Å². The second kappa shape index (κ2) is 7.62. The Labute approximate surface area is 126 Å². The highest BCUT2D eigenvalue weighted by Gasteiger charge is 2.07. The Balaban J connectivity index is 2.11. The number of ether oxygens (including phenoxy) is 1. The smallest absolute Gasteiger partial charge is 0.168 e. The molecular weight excluding hydrogens is 262 g/mol. The molecule has 4 nitrogen and oxygen atoms in total. The van der Waals surface area contributed by atoms with Gasteiger partial charge in [0.15, 0.2) is 5.82 Å². The molecule has 0 unspecified atom stereocenters. The minimum atomic E-state index is 0.383. The van der Waals surface area contributed by atoms with Crippen molar-refractivity contribution in [3.63, 3.8) is 0 Å². The van der Waals surface area contributed by atoms with E-state index in [4.69, 9.17) is 4.74 Å². The van der Waals surface area contributed by atoms with E-state index in [0.29, 0.717) is 18.3 Å². The third kappa shape index (κ3) is 5.06. The number of anilines is 1. The zero-order valence-electron chi connectivity index (χ0n) is 13.0. The molecule has 0 amide bonds. The summed E-state index contributed by atoms with van der Waals surface area (Å²) in [5, 5.41) is 3.25. The van der Waals surface area contributed by atoms with Gasteiger partial charge in [-0.3, -0.25) is 0 Å². The molecule has 1 heterocycles. The first kappa shape index (κ1) is 15.3. The molecule has 4 heteroatoms. The lowest BCUT2D eigenvalue weighted by molar-refractivity contribution is 0.295. The van der Waals surface area contributed by atoms with Gasteiger partial charge in [-0.2, -0.15) is 0 Å². The van der Waals surface area contributed by atoms with E-state index in [9.17, 15) is 0 Å². The van der Waals surface area contributed by atoms with Crippen LogP contribution in [0.5, 0.6) is 5.75 Å². The maximum absolute atomic E-state index is 5.73. The molecule has 0 aliphatic heterocycles. The maximum atomic E-state index is 5.73. The van der Waals surface area contributed by atoms with Crippen LogP contribution in [0.25, 0.3) is 0 Å². The summed E-state index contributed by atoms with van der Waals surface area (Å²) in [6, 6.07) is 11.8. The highest BCUT2D eigenvalue weighted by molar-refractivity contribution is 5.36. The van der Waals surface area contributed by atoms with Crippen molar-refractivity contribution in [1.29, 1.82) is 0 Å². The van der Waals surface area contributed by atoms with Crippen molar-refractivity contribution < 1.29 is 4.74 Å². The fourth-order valence-electron chi connectivity index (χ4n) is 2.08. The molecule has 0 saturated heterocycles. The number of rotatable bonds is 7. The van der Waals surface area contributed by atoms with E-state index < -0.39 is 0 Å². The topological polar surface area (TPSA) is 47.0 Å². The summed E-state index contributed by atoms with van der Waals surface area (Å²) in [5.41, 5.74) is 1.06. The normalized spacial score (nSPS) is 10.7. The Morgan fingerprint density at radius 1 is 1.14 bits per heavy atom. The third-order valence-electron chi connectivity index (χ3n) is 2.91. The summed E-state index contributed by atoms with van der Waals surface area (Å²) in [7, 11) is 0. The number of aromatic nitrogens is 2. The number of hydrogen-bond acceptors (Lipinski definition) is 4. The van der Waals surface area contributed by atoms with E-state index in [2.05, 4.69) is 36.1 Å². The van der Waals surface area contributed by atoms with Gasteiger partial charge < -0.3 is 10.1 Å². The molecule has 0 spiro atoms. The minimum absolute atomic E-state index is 0.383. The van der Waals surface area contributed by atoms with Crippen molar-refractivity contribution >= 4 is 5.82 Å². The summed E-state index contributed by atoms with van der Waals surface area (Å²) in [5.74, 6) is 2.99. The first-order valence-corrected chi connectivity index (χ1v) is 7.46. The van der Waals surface area contributed by atoms with Crippen molar-refractivity contribution in [1.82, 2.24) is 9.97 Å². The summed E-state index contributed by atoms with van der Waals surface area (Å²) in [4.78, 5) is 9.09. The molecule has 0 atom stereocenters. The van der Waals surface area contributed by atoms with Crippen LogP contribution in [0.15, 0.2) is 36.4 Å². The van der Waals surface area contributed by atoms with Crippen LogP contribution in [0.2, 0.25) is 0 Å². The Hall–Kier alpha value is -2.10. The van der Waals surface area contributed by atoms with E-state index in [1.165, 1.54) is 0 Å². The van der Waals surface area contributed by atoms with Gasteiger partial charge in [0, 0.05) is 18.3 Å². The van der Waals surface area contributed by atoms with Crippen molar-refractivity contribution in [3.05, 3.63) is 47.9 Å². The SMILES string of the molecule is CCNc1cc(CC(C)C)nc(COc2ccccc2)n1. The predicted molar refractivity (Wildman–Crippen MR) is 85.5 cm³/mol. The van der Waals surface area contributed by atoms with E-state index >= 15 is 0 Å². The Morgan fingerprint density at radius 2 is 1.90 bits per heavy atom. The van der Waals surface area contributed by atoms with Gasteiger partial charge in [0.2, 0.25) is 0 Å². The first-order valence-electron chi connectivity index (χ1n) is 7.46. The van der Waals surface area contributed by atoms with E-state index in [1.807, 2.05) is 36.4 Å². The fraction of sp³-hybridized carbons (Fsp3) is 0.412. The standard InChI is InChI=1S/C17H23N3O/c1-4-18-16-11-14(10-13(2)3)19-17(20-16)12-21-15-8-6-5-7-9-15/h5-9,11,13H,4,10,12H2,1-3H3,(H,18,19,20). The lowest BCUT2D eigenvalue weighted by Gasteiger charge is -2.11. The van der Waals surface area contributed by atoms with Crippen LogP contribution in [-0.2, 0) is 13.0 Å². The largest absolute Gasteiger partial charge is 0.486 e. The van der Waals surface area contributed by atoms with Crippen LogP contribution in [0.4, 0.5) is 5.82 Å². The fourth-order valence-corrected chi connectivity index (χ4v) is 2.08. The van der Waals surface area contributed by atoms with Crippen LogP contribution >= 0.6 is 0 Å². The van der Waals surface area contributed by atoms with Crippen LogP contribution in [0.3, 0.4) is 0 Å². The van der Waals surface area contributed by atoms with Gasteiger partial charge in [-0.15, -0.1) is 0 Å². The molecule has 1 aromatic carbocycles. The molecule has 0 radical (unpaired) electrons. The molecule has 0 fully saturated rings. The zero-order chi connectivity index (χ0) is 15.1. The molecule has 1 N–H and O–H groups in total. The van der Waals surface area contributed by atoms with Crippen LogP contribution in [-0.4, -0.2) is 16.5 Å². The number of para-hydroxylation sites is 1. The highest BCUT2D eigenvalue weighted by Crippen LogP contribution is 2.14. The van der Waals surface area contributed by atoms with Gasteiger partial charge >= 0.3 is 0 Å². The van der Waals surface area contributed by atoms with Gasteiger partial charge in [0.25, 0.3) is 0 Å². The average Bonchev–Trinajstić information content (AvgIpc) is 2.46. The molecule has 0 aliphatic rings. The van der Waals surface area contributed by atoms with Crippen molar-refractivity contribution in [2.45, 2.75) is 33.8 Å². The molecule has 0 saturated carbocycles. The first-order chi connectivity index (χ1) is 10.2. The van der Waals surface area contributed by atoms with Gasteiger partial charge in [-0.1, -0.05) is 32.0 Å². The molecule has 0 bridgehead atoms. The van der Waals surface area contributed by atoms with Gasteiger partial charge in [-0.05, 0) is 31.4 Å². The summed E-state index contributed by atoms with van der Waals surface area (Å²) < 4.78 is 5.73. The third-order valence-corrected chi connectivity index (χ3v) is 2.91. The van der Waals surface area contributed by atoms with E-state index in [0.717, 1.165) is 30.2 Å². The molecule has 0 aliphatic carbocycles. The van der Waals surface area contributed by atoms with Gasteiger partial charge in [-0.25, -0.2) is 9.97 Å². The van der Waals surface area contributed by atoms with Crippen molar-refractivity contribution in [2.24, 2.45) is 5.92 Å². The van der Waals surface area contributed by atoms with E-state index in [-0.39, 0.29) is 0 Å². The Bertz CT molecular complexity index is 555. The van der Waals surface area contributed by atoms with Crippen LogP contribution in [0, 0.1) is 5.92 Å². The summed E-state index contributed by atoms with van der Waals surface area (Å²) in [6.07, 6.45) is 0.944. The number of hydrogen-bond donors (Lipinski definition) is 1. The molecule has 2 aromatic rings. The quantitative estimate of drug-likeness (QED) is 0.843. The van der Waals surface area contributed by atoms with Gasteiger partial charge in [0.1, 0.15) is 18.2 Å². The lowest BCUT2D eigenvalue weighted by Crippen LogP contribution is -2.09. The van der Waals surface area contributed by atoms with E-state index in [1.54, 1.807) is 0 Å². The monoisotopic (exact) mass is 285 g/mol. The van der Waals surface area contributed by atoms with Gasteiger partial charge in [0.05, 0.1) is 0 Å². The second-order valence-corrected chi connectivity index (χ2v) is 5.39. The zero-order valence-corrected chi connectivity index (χ0v) is 13.0. The van der Waals surface area contributed by atoms with Crippen molar-refractivity contribution in [2.75, 3.05) is 11.9 Å². The maximum Gasteiger partial charge on any atom is 0.168 e. The number of benzene rings is 1. The lowest BCUT2D eigenvalue weighted by atomic mass is 10.1. The number of nitrogens with one attached hydrogen (secondary N) is 1. The van der Waals surface area contributed by atoms with Crippen LogP contribution in [0.1, 0.15) is 32.3 Å². The molecule has 1 aromatic heterocycles. The summed E-state index contributed by atoms with van der Waals surface area (Å²) in [6.45, 7) is 7.67. The number of nitrogens with zero attached hydrogens (tertiary/aromatic N) is 2. The Kier molecular flexibility index (Phi) is 5.55. The average molecular weight is 285 g/mol. The highest BCUT2D eigenvalue weighted by atomic mass is 16.5. The minimum Gasteiger partial charge on any atom is -0.486 e. The predicted octanol–water partition coefficient (Wildman–Crippen LogP) is 3.69.